The van der Waals surface area contributed by atoms with Gasteiger partial charge in [0, 0.05) is 4.88 Å². The van der Waals surface area contributed by atoms with Gasteiger partial charge in [-0.3, -0.25) is 14.2 Å². The van der Waals surface area contributed by atoms with Gasteiger partial charge in [0.2, 0.25) is 5.91 Å². The third kappa shape index (κ3) is 2.91. The molecule has 1 aromatic carbocycles. The molecule has 0 fully saturated rings. The second-order valence-corrected chi connectivity index (χ2v) is 8.04. The number of carbonyl (C=O) groups is 1. The number of thiazole rings is 1. The first-order valence-corrected chi connectivity index (χ1v) is 9.86. The van der Waals surface area contributed by atoms with Crippen LogP contribution < -0.4 is 10.9 Å². The summed E-state index contributed by atoms with van der Waals surface area (Å²) in [5.74, 6) is -0.293. The van der Waals surface area contributed by atoms with E-state index in [4.69, 9.17) is 0 Å². The Morgan fingerprint density at radius 2 is 2.12 bits per heavy atom. The molecule has 0 aliphatic heterocycles. The fourth-order valence-corrected chi connectivity index (χ4v) is 4.49. The van der Waals surface area contributed by atoms with E-state index in [1.54, 1.807) is 6.92 Å². The standard InChI is InChI=1S/C18H16N4O2S2/c1-3-11-8-12-16(25-11)19-9-22(17(12)24)10(2)15(23)21-18-20-13-6-4-5-7-14(13)26-18/h4-10H,3H2,1-2H3,(H,20,21,23). The van der Waals surface area contributed by atoms with Crippen molar-refractivity contribution in [3.05, 3.63) is 51.9 Å². The highest BCUT2D eigenvalue weighted by Gasteiger charge is 2.20. The molecule has 0 saturated carbocycles. The molecule has 0 radical (unpaired) electrons. The third-order valence-corrected chi connectivity index (χ3v) is 6.34. The lowest BCUT2D eigenvalue weighted by Crippen LogP contribution is -2.31. The summed E-state index contributed by atoms with van der Waals surface area (Å²) in [5.41, 5.74) is 0.643. The first-order valence-electron chi connectivity index (χ1n) is 8.23. The molecule has 1 N–H and O–H groups in total. The van der Waals surface area contributed by atoms with E-state index in [-0.39, 0.29) is 11.5 Å². The number of anilines is 1. The van der Waals surface area contributed by atoms with Crippen LogP contribution in [0, 0.1) is 0 Å². The largest absolute Gasteiger partial charge is 0.300 e. The fourth-order valence-electron chi connectivity index (χ4n) is 2.70. The summed E-state index contributed by atoms with van der Waals surface area (Å²) in [6.07, 6.45) is 2.30. The van der Waals surface area contributed by atoms with Crippen molar-refractivity contribution >= 4 is 54.1 Å². The second-order valence-electron chi connectivity index (χ2n) is 5.89. The molecule has 3 heterocycles. The van der Waals surface area contributed by atoms with Crippen LogP contribution in [-0.4, -0.2) is 20.4 Å². The summed E-state index contributed by atoms with van der Waals surface area (Å²) in [6.45, 7) is 3.72. The monoisotopic (exact) mass is 384 g/mol. The summed E-state index contributed by atoms with van der Waals surface area (Å²) < 4.78 is 2.37. The highest BCUT2D eigenvalue weighted by Crippen LogP contribution is 2.26. The van der Waals surface area contributed by atoms with E-state index in [1.165, 1.54) is 33.6 Å². The number of benzene rings is 1. The van der Waals surface area contributed by atoms with E-state index >= 15 is 0 Å². The number of thiophene rings is 1. The highest BCUT2D eigenvalue weighted by molar-refractivity contribution is 7.22. The number of nitrogens with one attached hydrogen (secondary N) is 1. The maximum Gasteiger partial charge on any atom is 0.262 e. The van der Waals surface area contributed by atoms with Gasteiger partial charge in [-0.25, -0.2) is 9.97 Å². The lowest BCUT2D eigenvalue weighted by Gasteiger charge is -2.13. The molecule has 0 aliphatic carbocycles. The maximum absolute atomic E-state index is 12.7. The number of aromatic nitrogens is 3. The first kappa shape index (κ1) is 16.9. The Morgan fingerprint density at radius 1 is 1.31 bits per heavy atom. The third-order valence-electron chi connectivity index (χ3n) is 4.20. The van der Waals surface area contributed by atoms with Gasteiger partial charge in [0.05, 0.1) is 21.9 Å². The molecule has 4 aromatic rings. The van der Waals surface area contributed by atoms with Crippen molar-refractivity contribution in [1.29, 1.82) is 0 Å². The van der Waals surface area contributed by atoms with Gasteiger partial charge < -0.3 is 5.32 Å². The Kier molecular flexibility index (Phi) is 4.29. The maximum atomic E-state index is 12.7. The average molecular weight is 384 g/mol. The zero-order valence-electron chi connectivity index (χ0n) is 14.2. The van der Waals surface area contributed by atoms with Crippen molar-refractivity contribution < 1.29 is 4.79 Å². The summed E-state index contributed by atoms with van der Waals surface area (Å²) in [7, 11) is 0. The molecule has 3 aromatic heterocycles. The number of carbonyl (C=O) groups excluding carboxylic acids is 1. The van der Waals surface area contributed by atoms with Crippen LogP contribution >= 0.6 is 22.7 Å². The zero-order chi connectivity index (χ0) is 18.3. The summed E-state index contributed by atoms with van der Waals surface area (Å²) in [5, 5.41) is 3.89. The quantitative estimate of drug-likeness (QED) is 0.580. The number of amides is 1. The van der Waals surface area contributed by atoms with E-state index in [1.807, 2.05) is 37.3 Å². The van der Waals surface area contributed by atoms with Crippen LogP contribution in [0.15, 0.2) is 41.5 Å². The predicted molar refractivity (Wildman–Crippen MR) is 106 cm³/mol. The van der Waals surface area contributed by atoms with E-state index in [2.05, 4.69) is 15.3 Å². The minimum atomic E-state index is -0.684. The summed E-state index contributed by atoms with van der Waals surface area (Å²) in [6, 6.07) is 8.87. The lowest BCUT2D eigenvalue weighted by atomic mass is 10.3. The van der Waals surface area contributed by atoms with Crippen molar-refractivity contribution in [1.82, 2.24) is 14.5 Å². The van der Waals surface area contributed by atoms with Crippen LogP contribution in [0.4, 0.5) is 5.13 Å². The number of hydrogen-bond donors (Lipinski definition) is 1. The van der Waals surface area contributed by atoms with Crippen LogP contribution in [0.3, 0.4) is 0 Å². The Morgan fingerprint density at radius 3 is 2.88 bits per heavy atom. The molecular formula is C18H16N4O2S2. The van der Waals surface area contributed by atoms with Crippen LogP contribution in [-0.2, 0) is 11.2 Å². The Bertz CT molecular complexity index is 1140. The Hall–Kier alpha value is -2.58. The van der Waals surface area contributed by atoms with Crippen molar-refractivity contribution in [3.63, 3.8) is 0 Å². The highest BCUT2D eigenvalue weighted by atomic mass is 32.1. The molecule has 1 atom stereocenters. The van der Waals surface area contributed by atoms with Gasteiger partial charge in [0.1, 0.15) is 10.9 Å². The first-order chi connectivity index (χ1) is 12.6. The molecule has 132 valence electrons. The van der Waals surface area contributed by atoms with Crippen LogP contribution in [0.25, 0.3) is 20.4 Å². The lowest BCUT2D eigenvalue weighted by molar-refractivity contribution is -0.118. The molecule has 0 aliphatic rings. The molecule has 1 unspecified atom stereocenters. The van der Waals surface area contributed by atoms with Gasteiger partial charge in [-0.05, 0) is 31.5 Å². The molecule has 4 rings (SSSR count). The number of hydrogen-bond acceptors (Lipinski definition) is 6. The van der Waals surface area contributed by atoms with E-state index in [0.717, 1.165) is 21.5 Å². The smallest absolute Gasteiger partial charge is 0.262 e. The van der Waals surface area contributed by atoms with Crippen molar-refractivity contribution in [2.75, 3.05) is 5.32 Å². The Balaban J connectivity index is 1.62. The SMILES string of the molecule is CCc1cc2c(=O)n(C(C)C(=O)Nc3nc4ccccc4s3)cnc2s1. The Labute approximate surface area is 157 Å². The molecule has 1 amide bonds. The summed E-state index contributed by atoms with van der Waals surface area (Å²) >= 11 is 2.92. The van der Waals surface area contributed by atoms with E-state index < -0.39 is 6.04 Å². The van der Waals surface area contributed by atoms with Crippen molar-refractivity contribution in [3.8, 4) is 0 Å². The molecule has 6 nitrogen and oxygen atoms in total. The minimum Gasteiger partial charge on any atom is -0.300 e. The second kappa shape index (κ2) is 6.62. The predicted octanol–water partition coefficient (Wildman–Crippen LogP) is 3.83. The molecule has 8 heteroatoms. The molecule has 0 bridgehead atoms. The van der Waals surface area contributed by atoms with E-state index in [9.17, 15) is 9.59 Å². The van der Waals surface area contributed by atoms with Crippen molar-refractivity contribution in [2.45, 2.75) is 26.3 Å². The van der Waals surface area contributed by atoms with Gasteiger partial charge >= 0.3 is 0 Å². The van der Waals surface area contributed by atoms with Crippen LogP contribution in [0.5, 0.6) is 0 Å². The topological polar surface area (TPSA) is 76.9 Å². The van der Waals surface area contributed by atoms with Gasteiger partial charge in [-0.15, -0.1) is 11.3 Å². The number of rotatable bonds is 4. The molecular weight excluding hydrogens is 368 g/mol. The van der Waals surface area contributed by atoms with Gasteiger partial charge in [-0.2, -0.15) is 0 Å². The molecule has 0 spiro atoms. The van der Waals surface area contributed by atoms with Gasteiger partial charge in [0.25, 0.3) is 5.56 Å². The van der Waals surface area contributed by atoms with Gasteiger partial charge in [0.15, 0.2) is 5.13 Å². The zero-order valence-corrected chi connectivity index (χ0v) is 15.9. The fraction of sp³-hybridized carbons (Fsp3) is 0.222. The number of para-hydroxylation sites is 1. The number of fused-ring (bicyclic) bond motifs is 2. The van der Waals surface area contributed by atoms with Crippen LogP contribution in [0.2, 0.25) is 0 Å². The number of nitrogens with zero attached hydrogens (tertiary/aromatic N) is 3. The normalized spacial score (nSPS) is 12.5. The molecule has 26 heavy (non-hydrogen) atoms. The van der Waals surface area contributed by atoms with Crippen molar-refractivity contribution in [2.24, 2.45) is 0 Å². The van der Waals surface area contributed by atoms with Crippen LogP contribution in [0.1, 0.15) is 24.8 Å². The van der Waals surface area contributed by atoms with E-state index in [0.29, 0.717) is 15.3 Å². The minimum absolute atomic E-state index is 0.196. The summed E-state index contributed by atoms with van der Waals surface area (Å²) in [4.78, 5) is 35.9. The number of aryl methyl sites for hydroxylation is 1. The van der Waals surface area contributed by atoms with Gasteiger partial charge in [-0.1, -0.05) is 30.4 Å². The molecule has 0 saturated heterocycles. The average Bonchev–Trinajstić information content (AvgIpc) is 3.24.